The Bertz CT molecular complexity index is 1390. The summed E-state index contributed by atoms with van der Waals surface area (Å²) in [6.07, 6.45) is 0. The van der Waals surface area contributed by atoms with E-state index in [1.165, 1.54) is 11.3 Å². The minimum Gasteiger partial charge on any atom is -0.486 e. The molecule has 2 aromatic heterocycles. The molecule has 0 radical (unpaired) electrons. The standard InChI is InChI=1S/C22H18ClN3O4S/c1-3-26-15-10-16-17(29-9-8-28-16)11-18(15)31-22(26)24-21(27)19-12(2)30-25-20(19)13-6-4-5-7-14(13)23/h4-7,10-11H,3,8-9H2,1-2H3. The third kappa shape index (κ3) is 3.41. The Kier molecular flexibility index (Phi) is 5.03. The van der Waals surface area contributed by atoms with Crippen molar-refractivity contribution >= 4 is 39.1 Å². The maximum Gasteiger partial charge on any atom is 0.285 e. The summed E-state index contributed by atoms with van der Waals surface area (Å²) >= 11 is 7.74. The Balaban J connectivity index is 1.64. The highest BCUT2D eigenvalue weighted by atomic mass is 35.5. The molecular formula is C22H18ClN3O4S. The molecule has 0 bridgehead atoms. The lowest BCUT2D eigenvalue weighted by Gasteiger charge is -2.18. The van der Waals surface area contributed by atoms with Gasteiger partial charge in [0, 0.05) is 24.2 Å². The highest BCUT2D eigenvalue weighted by Crippen LogP contribution is 2.36. The maximum absolute atomic E-state index is 13.2. The minimum absolute atomic E-state index is 0.305. The zero-order chi connectivity index (χ0) is 21.5. The van der Waals surface area contributed by atoms with Crippen molar-refractivity contribution in [2.45, 2.75) is 20.4 Å². The summed E-state index contributed by atoms with van der Waals surface area (Å²) in [6, 6.07) is 11.1. The Hall–Kier alpha value is -3.10. The fourth-order valence-electron chi connectivity index (χ4n) is 3.60. The highest BCUT2D eigenvalue weighted by molar-refractivity contribution is 7.16. The summed E-state index contributed by atoms with van der Waals surface area (Å²) in [5, 5.41) is 4.56. The average molecular weight is 456 g/mol. The van der Waals surface area contributed by atoms with Crippen LogP contribution in [0.5, 0.6) is 11.5 Å². The van der Waals surface area contributed by atoms with Gasteiger partial charge in [-0.05, 0) is 19.9 Å². The zero-order valence-electron chi connectivity index (χ0n) is 16.8. The Morgan fingerprint density at radius 1 is 1.23 bits per heavy atom. The van der Waals surface area contributed by atoms with E-state index in [2.05, 4.69) is 10.1 Å². The van der Waals surface area contributed by atoms with Crippen LogP contribution in [-0.2, 0) is 6.54 Å². The van der Waals surface area contributed by atoms with Crippen LogP contribution in [0.2, 0.25) is 5.02 Å². The van der Waals surface area contributed by atoms with Gasteiger partial charge in [-0.25, -0.2) is 0 Å². The lowest BCUT2D eigenvalue weighted by molar-refractivity contribution is 0.0997. The number of aryl methyl sites for hydroxylation is 2. The van der Waals surface area contributed by atoms with Gasteiger partial charge in [0.1, 0.15) is 30.2 Å². The van der Waals surface area contributed by atoms with E-state index in [4.69, 9.17) is 25.6 Å². The SMILES string of the molecule is CCn1c(=NC(=O)c2c(-c3ccccc3Cl)noc2C)sc2cc3c(cc21)OCCO3. The van der Waals surface area contributed by atoms with Crippen molar-refractivity contribution in [2.24, 2.45) is 4.99 Å². The number of halogens is 1. The van der Waals surface area contributed by atoms with Crippen molar-refractivity contribution in [3.63, 3.8) is 0 Å². The molecule has 158 valence electrons. The van der Waals surface area contributed by atoms with Gasteiger partial charge >= 0.3 is 0 Å². The molecule has 2 aromatic carbocycles. The topological polar surface area (TPSA) is 78.9 Å². The molecule has 1 aliphatic rings. The van der Waals surface area contributed by atoms with Crippen LogP contribution >= 0.6 is 22.9 Å². The molecule has 9 heteroatoms. The first-order chi connectivity index (χ1) is 15.1. The minimum atomic E-state index is -0.431. The lowest BCUT2D eigenvalue weighted by Crippen LogP contribution is -2.17. The molecule has 0 atom stereocenters. The average Bonchev–Trinajstić information content (AvgIpc) is 3.31. The number of thiazole rings is 1. The Morgan fingerprint density at radius 2 is 1.97 bits per heavy atom. The summed E-state index contributed by atoms with van der Waals surface area (Å²) in [4.78, 5) is 18.2. The third-order valence-electron chi connectivity index (χ3n) is 5.07. The molecule has 0 unspecified atom stereocenters. The number of hydrogen-bond donors (Lipinski definition) is 0. The van der Waals surface area contributed by atoms with Crippen LogP contribution in [0.3, 0.4) is 0 Å². The summed E-state index contributed by atoms with van der Waals surface area (Å²) in [5.41, 5.74) is 2.26. The number of benzene rings is 2. The molecule has 0 saturated heterocycles. The fraction of sp³-hybridized carbons (Fsp3) is 0.227. The van der Waals surface area contributed by atoms with Crippen LogP contribution in [0.4, 0.5) is 0 Å². The van der Waals surface area contributed by atoms with E-state index in [1.54, 1.807) is 19.1 Å². The van der Waals surface area contributed by atoms with Crippen LogP contribution < -0.4 is 14.3 Å². The van der Waals surface area contributed by atoms with Crippen LogP contribution in [-0.4, -0.2) is 28.8 Å². The van der Waals surface area contributed by atoms with E-state index < -0.39 is 5.91 Å². The number of aromatic nitrogens is 2. The van der Waals surface area contributed by atoms with Crippen molar-refractivity contribution in [2.75, 3.05) is 13.2 Å². The molecule has 1 amide bonds. The number of nitrogens with zero attached hydrogens (tertiary/aromatic N) is 3. The van der Waals surface area contributed by atoms with E-state index in [1.807, 2.05) is 35.8 Å². The van der Waals surface area contributed by atoms with Crippen molar-refractivity contribution in [3.05, 3.63) is 57.5 Å². The molecule has 7 nitrogen and oxygen atoms in total. The molecule has 1 aliphatic heterocycles. The van der Waals surface area contributed by atoms with Crippen molar-refractivity contribution < 1.29 is 18.8 Å². The van der Waals surface area contributed by atoms with E-state index in [0.717, 1.165) is 10.2 Å². The van der Waals surface area contributed by atoms with Gasteiger partial charge in [-0.3, -0.25) is 4.79 Å². The molecule has 4 aromatic rings. The number of rotatable bonds is 3. The van der Waals surface area contributed by atoms with E-state index >= 15 is 0 Å². The molecule has 3 heterocycles. The summed E-state index contributed by atoms with van der Waals surface area (Å²) in [6.45, 7) is 5.38. The van der Waals surface area contributed by atoms with Crippen LogP contribution in [0.25, 0.3) is 21.5 Å². The number of amides is 1. The summed E-state index contributed by atoms with van der Waals surface area (Å²) < 4.78 is 19.7. The summed E-state index contributed by atoms with van der Waals surface area (Å²) in [5.74, 6) is 1.37. The normalized spacial score (nSPS) is 13.7. The first-order valence-electron chi connectivity index (χ1n) is 9.80. The van der Waals surface area contributed by atoms with Crippen LogP contribution in [0.1, 0.15) is 23.0 Å². The second kappa shape index (κ2) is 7.86. The molecule has 0 fully saturated rings. The van der Waals surface area contributed by atoms with Gasteiger partial charge in [0.05, 0.1) is 15.2 Å². The molecule has 0 spiro atoms. The number of carbonyl (C=O) groups excluding carboxylic acids is 1. The van der Waals surface area contributed by atoms with Gasteiger partial charge in [0.15, 0.2) is 16.3 Å². The molecule has 0 saturated carbocycles. The second-order valence-electron chi connectivity index (χ2n) is 6.95. The van der Waals surface area contributed by atoms with Crippen molar-refractivity contribution in [3.8, 4) is 22.8 Å². The largest absolute Gasteiger partial charge is 0.486 e. The van der Waals surface area contributed by atoms with Crippen LogP contribution in [0, 0.1) is 6.92 Å². The molecule has 31 heavy (non-hydrogen) atoms. The van der Waals surface area contributed by atoms with Gasteiger partial charge < -0.3 is 18.6 Å². The highest BCUT2D eigenvalue weighted by Gasteiger charge is 2.23. The van der Waals surface area contributed by atoms with E-state index in [0.29, 0.717) is 63.7 Å². The molecule has 0 aliphatic carbocycles. The lowest BCUT2D eigenvalue weighted by atomic mass is 10.1. The number of ether oxygens (including phenoxy) is 2. The number of carbonyl (C=O) groups is 1. The van der Waals surface area contributed by atoms with Gasteiger partial charge in [-0.2, -0.15) is 4.99 Å². The quantitative estimate of drug-likeness (QED) is 0.441. The maximum atomic E-state index is 13.2. The predicted molar refractivity (Wildman–Crippen MR) is 118 cm³/mol. The molecule has 5 rings (SSSR count). The van der Waals surface area contributed by atoms with Crippen molar-refractivity contribution in [1.82, 2.24) is 9.72 Å². The first-order valence-corrected chi connectivity index (χ1v) is 11.0. The van der Waals surface area contributed by atoms with E-state index in [9.17, 15) is 4.79 Å². The predicted octanol–water partition coefficient (Wildman–Crippen LogP) is 4.85. The van der Waals surface area contributed by atoms with Gasteiger partial charge in [-0.15, -0.1) is 0 Å². The summed E-state index contributed by atoms with van der Waals surface area (Å²) in [7, 11) is 0. The number of hydrogen-bond acceptors (Lipinski definition) is 6. The third-order valence-corrected chi connectivity index (χ3v) is 6.44. The fourth-order valence-corrected chi connectivity index (χ4v) is 4.93. The molecular weight excluding hydrogens is 438 g/mol. The number of fused-ring (bicyclic) bond motifs is 2. The van der Waals surface area contributed by atoms with Crippen LogP contribution in [0.15, 0.2) is 45.9 Å². The smallest absolute Gasteiger partial charge is 0.285 e. The van der Waals surface area contributed by atoms with Gasteiger partial charge in [-0.1, -0.05) is 46.3 Å². The monoisotopic (exact) mass is 455 g/mol. The molecule has 0 N–H and O–H groups in total. The van der Waals surface area contributed by atoms with E-state index in [-0.39, 0.29) is 0 Å². The van der Waals surface area contributed by atoms with Gasteiger partial charge in [0.2, 0.25) is 0 Å². The first kappa shape index (κ1) is 19.8. The Labute approximate surface area is 186 Å². The van der Waals surface area contributed by atoms with Gasteiger partial charge in [0.25, 0.3) is 5.91 Å². The zero-order valence-corrected chi connectivity index (χ0v) is 18.4. The van der Waals surface area contributed by atoms with Crippen molar-refractivity contribution in [1.29, 1.82) is 0 Å². The Morgan fingerprint density at radius 3 is 2.71 bits per heavy atom. The second-order valence-corrected chi connectivity index (χ2v) is 8.37.